The molecule has 9 heteroatoms. The molecule has 15 heavy (non-hydrogen) atoms. The molecule has 0 aromatic heterocycles. The Morgan fingerprint density at radius 3 is 1.80 bits per heavy atom. The van der Waals surface area contributed by atoms with Gasteiger partial charge in [-0.3, -0.25) is 14.7 Å². The Morgan fingerprint density at radius 2 is 1.53 bits per heavy atom. The van der Waals surface area contributed by atoms with Crippen molar-refractivity contribution in [1.29, 1.82) is 0 Å². The van der Waals surface area contributed by atoms with Crippen LogP contribution < -0.4 is 5.30 Å². The molecule has 6 nitrogen and oxygen atoms in total. The summed E-state index contributed by atoms with van der Waals surface area (Å²) in [6.45, 7) is 0. The van der Waals surface area contributed by atoms with Crippen molar-refractivity contribution in [2.45, 2.75) is 0 Å². The summed E-state index contributed by atoms with van der Waals surface area (Å²) in [7, 11) is -4.29. The average molecular weight is 251 g/mol. The van der Waals surface area contributed by atoms with Crippen LogP contribution >= 0.6 is 7.60 Å². The SMILES string of the molecule is O=[N+]([O-])c1ccc(P(=O)(O)O)cc1.[NaH].[NaH]. The van der Waals surface area contributed by atoms with Gasteiger partial charge in [-0.1, -0.05) is 0 Å². The minimum absolute atomic E-state index is 0. The van der Waals surface area contributed by atoms with E-state index >= 15 is 0 Å². The van der Waals surface area contributed by atoms with Crippen molar-refractivity contribution in [3.8, 4) is 0 Å². The maximum atomic E-state index is 10.6. The molecule has 0 spiro atoms. The van der Waals surface area contributed by atoms with Crippen molar-refractivity contribution in [2.75, 3.05) is 0 Å². The fraction of sp³-hybridized carbons (Fsp3) is 0. The molecule has 1 aromatic rings. The molecule has 0 radical (unpaired) electrons. The molecule has 0 heterocycles. The molecule has 0 unspecified atom stereocenters. The number of nitrogens with zero attached hydrogens (tertiary/aromatic N) is 1. The molecule has 2 N–H and O–H groups in total. The topological polar surface area (TPSA) is 101 Å². The predicted molar refractivity (Wildman–Crippen MR) is 59.1 cm³/mol. The molecule has 0 saturated heterocycles. The summed E-state index contributed by atoms with van der Waals surface area (Å²) in [6, 6.07) is 4.18. The van der Waals surface area contributed by atoms with Crippen LogP contribution in [0.15, 0.2) is 24.3 Å². The zero-order valence-corrected chi connectivity index (χ0v) is 7.22. The van der Waals surface area contributed by atoms with Gasteiger partial charge in [-0.05, 0) is 12.1 Å². The van der Waals surface area contributed by atoms with E-state index in [9.17, 15) is 14.7 Å². The van der Waals surface area contributed by atoms with Gasteiger partial charge in [-0.2, -0.15) is 0 Å². The van der Waals surface area contributed by atoms with Crippen molar-refractivity contribution < 1.29 is 19.3 Å². The van der Waals surface area contributed by atoms with Gasteiger partial charge in [0.05, 0.1) is 10.2 Å². The van der Waals surface area contributed by atoms with Gasteiger partial charge < -0.3 is 9.79 Å². The van der Waals surface area contributed by atoms with Gasteiger partial charge in [0.15, 0.2) is 0 Å². The first-order valence-corrected chi connectivity index (χ1v) is 4.83. The second-order valence-electron chi connectivity index (χ2n) is 2.32. The molecular weight excluding hydrogens is 243 g/mol. The van der Waals surface area contributed by atoms with Crippen LogP contribution in [0.1, 0.15) is 0 Å². The normalized spacial score (nSPS) is 9.73. The van der Waals surface area contributed by atoms with Crippen LogP contribution in [0.25, 0.3) is 0 Å². The average Bonchev–Trinajstić information content (AvgIpc) is 2.03. The fourth-order valence-electron chi connectivity index (χ4n) is 0.769. The number of rotatable bonds is 2. The molecule has 1 rings (SSSR count). The number of benzene rings is 1. The molecule has 0 saturated carbocycles. The molecule has 0 aliphatic carbocycles. The van der Waals surface area contributed by atoms with Gasteiger partial charge >= 0.3 is 66.7 Å². The Morgan fingerprint density at radius 1 is 1.13 bits per heavy atom. The van der Waals surface area contributed by atoms with Crippen molar-refractivity contribution in [2.24, 2.45) is 0 Å². The second-order valence-corrected chi connectivity index (χ2v) is 3.92. The number of hydrogen-bond donors (Lipinski definition) is 2. The molecule has 0 aliphatic heterocycles. The summed E-state index contributed by atoms with van der Waals surface area (Å²) in [5.74, 6) is 0. The number of nitro groups is 1. The Kier molecular flexibility index (Phi) is 8.67. The van der Waals surface area contributed by atoms with Crippen LogP contribution in [-0.4, -0.2) is 73.8 Å². The molecular formula is C6H8NNa2O5P. The zero-order valence-electron chi connectivity index (χ0n) is 6.32. The van der Waals surface area contributed by atoms with E-state index in [0.717, 1.165) is 24.3 Å². The first-order chi connectivity index (χ1) is 5.91. The first-order valence-electron chi connectivity index (χ1n) is 3.22. The van der Waals surface area contributed by atoms with E-state index in [2.05, 4.69) is 0 Å². The minimum atomic E-state index is -4.29. The summed E-state index contributed by atoms with van der Waals surface area (Å²) in [4.78, 5) is 26.9. The van der Waals surface area contributed by atoms with Gasteiger partial charge in [0, 0.05) is 12.1 Å². The Hall–Kier alpha value is 0.770. The van der Waals surface area contributed by atoms with Crippen molar-refractivity contribution in [3.05, 3.63) is 34.4 Å². The Bertz CT molecular complexity index is 376. The van der Waals surface area contributed by atoms with E-state index in [1.165, 1.54) is 0 Å². The number of hydrogen-bond acceptors (Lipinski definition) is 3. The third kappa shape index (κ3) is 5.58. The van der Waals surface area contributed by atoms with Crippen LogP contribution in [0.4, 0.5) is 5.69 Å². The van der Waals surface area contributed by atoms with Crippen molar-refractivity contribution >= 4 is 77.7 Å². The summed E-state index contributed by atoms with van der Waals surface area (Å²) in [5.41, 5.74) is -0.197. The molecule has 0 bridgehead atoms. The van der Waals surface area contributed by atoms with E-state index in [4.69, 9.17) is 9.79 Å². The molecule has 0 fully saturated rings. The number of non-ortho nitro benzene ring substituents is 1. The molecule has 74 valence electrons. The monoisotopic (exact) mass is 251 g/mol. The van der Waals surface area contributed by atoms with E-state index < -0.39 is 12.5 Å². The van der Waals surface area contributed by atoms with Crippen LogP contribution in [0.2, 0.25) is 0 Å². The first kappa shape index (κ1) is 18.1. The third-order valence-electron chi connectivity index (χ3n) is 1.40. The van der Waals surface area contributed by atoms with Crippen molar-refractivity contribution in [1.82, 2.24) is 0 Å². The van der Waals surface area contributed by atoms with Gasteiger partial charge in [0.1, 0.15) is 0 Å². The Balaban J connectivity index is 0. The molecule has 0 atom stereocenters. The summed E-state index contributed by atoms with van der Waals surface area (Å²) < 4.78 is 10.6. The Labute approximate surface area is 130 Å². The van der Waals surface area contributed by atoms with Gasteiger partial charge in [-0.15, -0.1) is 0 Å². The molecule has 0 aliphatic rings. The summed E-state index contributed by atoms with van der Waals surface area (Å²) >= 11 is 0. The summed E-state index contributed by atoms with van der Waals surface area (Å²) in [5, 5.41) is 9.95. The van der Waals surface area contributed by atoms with Crippen LogP contribution in [0.3, 0.4) is 0 Å². The third-order valence-corrected chi connectivity index (χ3v) is 2.37. The quantitative estimate of drug-likeness (QED) is 0.307. The van der Waals surface area contributed by atoms with E-state index in [0.29, 0.717) is 0 Å². The van der Waals surface area contributed by atoms with Crippen molar-refractivity contribution in [3.63, 3.8) is 0 Å². The molecule has 1 aromatic carbocycles. The number of nitro benzene ring substituents is 1. The second kappa shape index (κ2) is 7.17. The summed E-state index contributed by atoms with van der Waals surface area (Å²) in [6.07, 6.45) is 0. The molecule has 0 amide bonds. The van der Waals surface area contributed by atoms with Crippen LogP contribution in [0, 0.1) is 10.1 Å². The standard InChI is InChI=1S/C6H6NO5P.2Na.2H/c8-7(9)5-1-3-6(4-2-5)13(10,11)12;;;;/h1-4H,(H2,10,11,12);;;;. The van der Waals surface area contributed by atoms with E-state index in [1.54, 1.807) is 0 Å². The fourth-order valence-corrected chi connectivity index (χ4v) is 1.31. The van der Waals surface area contributed by atoms with E-state index in [1.807, 2.05) is 0 Å². The van der Waals surface area contributed by atoms with Crippen LogP contribution in [-0.2, 0) is 4.57 Å². The van der Waals surface area contributed by atoms with Gasteiger partial charge in [0.25, 0.3) is 5.69 Å². The maximum absolute atomic E-state index is 10.6. The van der Waals surface area contributed by atoms with Crippen LogP contribution in [0.5, 0.6) is 0 Å². The van der Waals surface area contributed by atoms with Gasteiger partial charge in [0.2, 0.25) is 0 Å². The van der Waals surface area contributed by atoms with E-state index in [-0.39, 0.29) is 70.1 Å². The van der Waals surface area contributed by atoms with Gasteiger partial charge in [-0.25, -0.2) is 0 Å². The zero-order chi connectivity index (χ0) is 10.1. The predicted octanol–water partition coefficient (Wildman–Crippen LogP) is -0.899.